The molecule has 6 nitrogen and oxygen atoms in total. The molecule has 0 amide bonds. The maximum absolute atomic E-state index is 14.2. The quantitative estimate of drug-likeness (QED) is 0.925. The van der Waals surface area contributed by atoms with Gasteiger partial charge in [-0.05, 0) is 24.6 Å². The first-order chi connectivity index (χ1) is 10.8. The normalized spacial score (nSPS) is 18.6. The van der Waals surface area contributed by atoms with E-state index in [0.29, 0.717) is 5.76 Å². The third-order valence-corrected chi connectivity index (χ3v) is 5.78. The van der Waals surface area contributed by atoms with Crippen LogP contribution in [0.15, 0.2) is 39.8 Å². The van der Waals surface area contributed by atoms with Gasteiger partial charge in [0.25, 0.3) is 0 Å². The summed E-state index contributed by atoms with van der Waals surface area (Å²) in [6.45, 7) is 1.36. The lowest BCUT2D eigenvalue weighted by molar-refractivity contribution is -0.142. The number of nitrogens with zero attached hydrogens (tertiary/aromatic N) is 1. The Morgan fingerprint density at radius 1 is 1.39 bits per heavy atom. The predicted molar refractivity (Wildman–Crippen MR) is 77.8 cm³/mol. The van der Waals surface area contributed by atoms with Gasteiger partial charge in [-0.25, -0.2) is 12.8 Å². The summed E-state index contributed by atoms with van der Waals surface area (Å²) in [6, 6.07) is 4.02. The number of rotatable bonds is 3. The van der Waals surface area contributed by atoms with E-state index in [4.69, 9.17) is 4.42 Å². The maximum atomic E-state index is 14.2. The average molecular weight is 339 g/mol. The number of carboxylic acid groups (broad SMARTS) is 1. The molecule has 2 aromatic rings. The molecule has 8 heteroatoms. The zero-order valence-corrected chi connectivity index (χ0v) is 13.0. The zero-order chi connectivity index (χ0) is 16.8. The van der Waals surface area contributed by atoms with Crippen LogP contribution in [0.1, 0.15) is 22.9 Å². The van der Waals surface area contributed by atoms with Crippen LogP contribution in [0.5, 0.6) is 0 Å². The van der Waals surface area contributed by atoms with E-state index in [1.807, 2.05) is 0 Å². The number of benzene rings is 1. The molecule has 122 valence electrons. The van der Waals surface area contributed by atoms with Crippen molar-refractivity contribution in [2.45, 2.75) is 24.3 Å². The molecule has 0 radical (unpaired) electrons. The minimum atomic E-state index is -4.29. The Hall–Kier alpha value is -2.19. The molecule has 1 aromatic carbocycles. The Morgan fingerprint density at radius 2 is 2.13 bits per heavy atom. The van der Waals surface area contributed by atoms with Crippen LogP contribution in [-0.2, 0) is 21.2 Å². The second kappa shape index (κ2) is 5.47. The number of furan rings is 1. The third kappa shape index (κ3) is 2.43. The first-order valence-electron chi connectivity index (χ1n) is 6.90. The van der Waals surface area contributed by atoms with E-state index >= 15 is 0 Å². The first-order valence-corrected chi connectivity index (χ1v) is 8.34. The lowest BCUT2D eigenvalue weighted by atomic mass is 10.0. The van der Waals surface area contributed by atoms with Crippen molar-refractivity contribution in [3.8, 4) is 0 Å². The molecule has 0 fully saturated rings. The summed E-state index contributed by atoms with van der Waals surface area (Å²) in [5.74, 6) is -1.76. The molecule has 1 aliphatic heterocycles. The molecule has 1 atom stereocenters. The summed E-state index contributed by atoms with van der Waals surface area (Å²) in [7, 11) is -4.29. The van der Waals surface area contributed by atoms with E-state index in [0.717, 1.165) is 10.4 Å². The topological polar surface area (TPSA) is 87.8 Å². The van der Waals surface area contributed by atoms with Gasteiger partial charge in [0.1, 0.15) is 16.5 Å². The molecule has 3 rings (SSSR count). The lowest BCUT2D eigenvalue weighted by Gasteiger charge is -2.31. The number of fused-ring (bicyclic) bond motifs is 1. The Labute approximate surface area is 132 Å². The zero-order valence-electron chi connectivity index (χ0n) is 12.2. The number of halogens is 1. The van der Waals surface area contributed by atoms with Crippen molar-refractivity contribution in [3.05, 3.63) is 53.2 Å². The van der Waals surface area contributed by atoms with Crippen LogP contribution < -0.4 is 0 Å². The molecule has 0 spiro atoms. The van der Waals surface area contributed by atoms with Crippen LogP contribution in [-0.4, -0.2) is 30.3 Å². The Morgan fingerprint density at radius 3 is 2.83 bits per heavy atom. The van der Waals surface area contributed by atoms with Crippen LogP contribution in [0.4, 0.5) is 4.39 Å². The predicted octanol–water partition coefficient (Wildman–Crippen LogP) is 2.10. The molecular weight excluding hydrogens is 325 g/mol. The number of carboxylic acids is 1. The highest BCUT2D eigenvalue weighted by Gasteiger charge is 2.42. The molecular formula is C15H14FNO5S. The van der Waals surface area contributed by atoms with E-state index in [9.17, 15) is 22.7 Å². The van der Waals surface area contributed by atoms with Gasteiger partial charge in [0, 0.05) is 18.5 Å². The molecule has 0 saturated carbocycles. The molecule has 1 N–H and O–H groups in total. The number of aryl methyl sites for hydroxylation is 1. The van der Waals surface area contributed by atoms with Gasteiger partial charge in [0.05, 0.1) is 6.26 Å². The Kier molecular flexibility index (Phi) is 3.73. The molecule has 2 heterocycles. The Bertz CT molecular complexity index is 874. The van der Waals surface area contributed by atoms with Gasteiger partial charge in [0.15, 0.2) is 6.04 Å². The first kappa shape index (κ1) is 15.7. The van der Waals surface area contributed by atoms with E-state index in [2.05, 4.69) is 0 Å². The van der Waals surface area contributed by atoms with E-state index in [1.165, 1.54) is 31.4 Å². The summed E-state index contributed by atoms with van der Waals surface area (Å²) in [5.41, 5.74) is 0.458. The van der Waals surface area contributed by atoms with Gasteiger partial charge in [-0.1, -0.05) is 12.1 Å². The molecule has 1 unspecified atom stereocenters. The second-order valence-corrected chi connectivity index (χ2v) is 7.15. The van der Waals surface area contributed by atoms with Gasteiger partial charge >= 0.3 is 5.97 Å². The van der Waals surface area contributed by atoms with Crippen LogP contribution in [0.25, 0.3) is 0 Å². The largest absolute Gasteiger partial charge is 0.480 e. The van der Waals surface area contributed by atoms with Gasteiger partial charge in [0.2, 0.25) is 10.0 Å². The molecule has 23 heavy (non-hydrogen) atoms. The van der Waals surface area contributed by atoms with Gasteiger partial charge < -0.3 is 9.52 Å². The highest BCUT2D eigenvalue weighted by Crippen LogP contribution is 2.35. The average Bonchev–Trinajstić information content (AvgIpc) is 2.96. The van der Waals surface area contributed by atoms with Gasteiger partial charge in [-0.2, -0.15) is 4.31 Å². The highest BCUT2D eigenvalue weighted by atomic mass is 32.2. The second-order valence-electron chi connectivity index (χ2n) is 5.29. The molecule has 0 saturated heterocycles. The van der Waals surface area contributed by atoms with Crippen LogP contribution >= 0.6 is 0 Å². The van der Waals surface area contributed by atoms with Crippen LogP contribution in [0.3, 0.4) is 0 Å². The van der Waals surface area contributed by atoms with Crippen molar-refractivity contribution in [1.29, 1.82) is 0 Å². The van der Waals surface area contributed by atoms with Crippen molar-refractivity contribution in [3.63, 3.8) is 0 Å². The van der Waals surface area contributed by atoms with Crippen molar-refractivity contribution in [1.82, 2.24) is 4.31 Å². The number of sulfonamides is 1. The molecule has 1 aromatic heterocycles. The van der Waals surface area contributed by atoms with Crippen molar-refractivity contribution in [2.24, 2.45) is 0 Å². The Balaban J connectivity index is 2.13. The smallest absolute Gasteiger partial charge is 0.326 e. The van der Waals surface area contributed by atoms with Gasteiger partial charge in [-0.15, -0.1) is 0 Å². The minimum Gasteiger partial charge on any atom is -0.480 e. The van der Waals surface area contributed by atoms with Crippen LogP contribution in [0.2, 0.25) is 0 Å². The van der Waals surface area contributed by atoms with Gasteiger partial charge in [-0.3, -0.25) is 4.79 Å². The van der Waals surface area contributed by atoms with Crippen molar-refractivity contribution in [2.75, 3.05) is 6.54 Å². The van der Waals surface area contributed by atoms with Crippen LogP contribution in [0, 0.1) is 12.7 Å². The summed E-state index contributed by atoms with van der Waals surface area (Å²) in [5, 5.41) is 9.47. The fourth-order valence-electron chi connectivity index (χ4n) is 2.75. The number of hydrogen-bond acceptors (Lipinski definition) is 4. The summed E-state index contributed by atoms with van der Waals surface area (Å²) in [6.07, 6.45) is 1.56. The van der Waals surface area contributed by atoms with E-state index < -0.39 is 32.7 Å². The molecule has 0 bridgehead atoms. The van der Waals surface area contributed by atoms with Crippen molar-refractivity contribution >= 4 is 16.0 Å². The standard InChI is InChI=1S/C15H14FNO5S/c1-9-3-2-4-12(13(9)16)23(20,21)17-7-5-11-10(6-8-22-11)14(17)15(18)19/h2-4,6,8,14H,5,7H2,1H3,(H,18,19). The molecule has 0 aliphatic carbocycles. The summed E-state index contributed by atoms with van der Waals surface area (Å²) < 4.78 is 45.8. The number of hydrogen-bond donors (Lipinski definition) is 1. The fraction of sp³-hybridized carbons (Fsp3) is 0.267. The monoisotopic (exact) mass is 339 g/mol. The fourth-order valence-corrected chi connectivity index (χ4v) is 4.46. The summed E-state index contributed by atoms with van der Waals surface area (Å²) >= 11 is 0. The number of carbonyl (C=O) groups is 1. The third-order valence-electron chi connectivity index (χ3n) is 3.90. The van der Waals surface area contributed by atoms with E-state index in [-0.39, 0.29) is 24.1 Å². The SMILES string of the molecule is Cc1cccc(S(=O)(=O)N2CCc3occc3C2C(=O)O)c1F. The number of aliphatic carboxylic acids is 1. The lowest BCUT2D eigenvalue weighted by Crippen LogP contribution is -2.43. The highest BCUT2D eigenvalue weighted by molar-refractivity contribution is 7.89. The maximum Gasteiger partial charge on any atom is 0.326 e. The van der Waals surface area contributed by atoms with Crippen molar-refractivity contribution < 1.29 is 27.1 Å². The summed E-state index contributed by atoms with van der Waals surface area (Å²) in [4.78, 5) is 11.1. The van der Waals surface area contributed by atoms with E-state index in [1.54, 1.807) is 0 Å². The minimum absolute atomic E-state index is 0.0901. The molecule has 1 aliphatic rings.